The molecular weight excluding hydrogens is 165 g/mol. The van der Waals surface area contributed by atoms with Crippen LogP contribution in [0.4, 0.5) is 4.39 Å². The van der Waals surface area contributed by atoms with E-state index in [4.69, 9.17) is 0 Å². The van der Waals surface area contributed by atoms with Crippen molar-refractivity contribution in [2.45, 2.75) is 32.4 Å². The fourth-order valence-corrected chi connectivity index (χ4v) is 1.84. The first-order valence-electron chi connectivity index (χ1n) is 4.80. The summed E-state index contributed by atoms with van der Waals surface area (Å²) in [6, 6.07) is 5.66. The van der Waals surface area contributed by atoms with Crippen LogP contribution in [-0.2, 0) is 13.0 Å². The number of rotatable bonds is 1. The van der Waals surface area contributed by atoms with Crippen molar-refractivity contribution in [2.75, 3.05) is 0 Å². The van der Waals surface area contributed by atoms with Crippen LogP contribution in [0.15, 0.2) is 18.2 Å². The van der Waals surface area contributed by atoms with Gasteiger partial charge < -0.3 is 5.32 Å². The third-order valence-electron chi connectivity index (χ3n) is 2.71. The summed E-state index contributed by atoms with van der Waals surface area (Å²) in [6.07, 6.45) is 2.17. The smallest absolute Gasteiger partial charge is 0.123 e. The Bertz CT molecular complexity index is 309. The van der Waals surface area contributed by atoms with Crippen LogP contribution in [0.5, 0.6) is 0 Å². The Labute approximate surface area is 78.0 Å². The minimum absolute atomic E-state index is 0.129. The summed E-state index contributed by atoms with van der Waals surface area (Å²) in [4.78, 5) is 0. The highest BCUT2D eigenvalue weighted by molar-refractivity contribution is 5.30. The highest BCUT2D eigenvalue weighted by Gasteiger charge is 2.16. The highest BCUT2D eigenvalue weighted by Crippen LogP contribution is 2.18. The normalized spacial score (nSPS) is 21.2. The van der Waals surface area contributed by atoms with Crippen LogP contribution in [0.2, 0.25) is 0 Å². The Hall–Kier alpha value is -0.890. The lowest BCUT2D eigenvalue weighted by molar-refractivity contribution is 0.465. The van der Waals surface area contributed by atoms with Crippen molar-refractivity contribution in [3.63, 3.8) is 0 Å². The summed E-state index contributed by atoms with van der Waals surface area (Å²) < 4.78 is 12.8. The molecule has 1 nitrogen and oxygen atoms in total. The summed E-state index contributed by atoms with van der Waals surface area (Å²) in [5.74, 6) is -0.129. The van der Waals surface area contributed by atoms with Crippen molar-refractivity contribution in [2.24, 2.45) is 0 Å². The number of nitrogens with one attached hydrogen (secondary N) is 1. The predicted octanol–water partition coefficient (Wildman–Crippen LogP) is 2.25. The number of hydrogen-bond donors (Lipinski definition) is 1. The van der Waals surface area contributed by atoms with E-state index in [0.717, 1.165) is 24.9 Å². The number of hydrogen-bond acceptors (Lipinski definition) is 1. The molecule has 1 N–H and O–H groups in total. The second-order valence-electron chi connectivity index (χ2n) is 3.60. The van der Waals surface area contributed by atoms with E-state index >= 15 is 0 Å². The molecule has 13 heavy (non-hydrogen) atoms. The quantitative estimate of drug-likeness (QED) is 0.697. The molecule has 0 bridgehead atoms. The molecule has 1 heterocycles. The Morgan fingerprint density at radius 1 is 1.46 bits per heavy atom. The van der Waals surface area contributed by atoms with Crippen LogP contribution >= 0.6 is 0 Å². The molecule has 0 aliphatic carbocycles. The molecule has 70 valence electrons. The van der Waals surface area contributed by atoms with E-state index in [-0.39, 0.29) is 5.82 Å². The van der Waals surface area contributed by atoms with Crippen molar-refractivity contribution in [1.29, 1.82) is 0 Å². The molecule has 1 unspecified atom stereocenters. The average molecular weight is 179 g/mol. The average Bonchev–Trinajstić information content (AvgIpc) is 2.17. The molecular formula is C11H14FN. The van der Waals surface area contributed by atoms with Gasteiger partial charge in [0, 0.05) is 12.6 Å². The van der Waals surface area contributed by atoms with E-state index in [0.29, 0.717) is 6.04 Å². The van der Waals surface area contributed by atoms with Crippen LogP contribution < -0.4 is 5.32 Å². The summed E-state index contributed by atoms with van der Waals surface area (Å²) in [6.45, 7) is 2.98. The van der Waals surface area contributed by atoms with Gasteiger partial charge in [-0.3, -0.25) is 0 Å². The van der Waals surface area contributed by atoms with Gasteiger partial charge in [0.2, 0.25) is 0 Å². The maximum absolute atomic E-state index is 12.8. The first-order chi connectivity index (χ1) is 6.29. The molecule has 1 atom stereocenters. The summed E-state index contributed by atoms with van der Waals surface area (Å²) in [5, 5.41) is 3.39. The lowest BCUT2D eigenvalue weighted by atomic mass is 9.94. The zero-order valence-corrected chi connectivity index (χ0v) is 7.81. The van der Waals surface area contributed by atoms with Gasteiger partial charge in [0.25, 0.3) is 0 Å². The molecule has 0 fully saturated rings. The van der Waals surface area contributed by atoms with Crippen molar-refractivity contribution < 1.29 is 4.39 Å². The minimum atomic E-state index is -0.129. The second kappa shape index (κ2) is 3.46. The van der Waals surface area contributed by atoms with Gasteiger partial charge in [-0.05, 0) is 36.1 Å². The SMILES string of the molecule is CCC1Cc2ccc(F)cc2CN1. The zero-order chi connectivity index (χ0) is 9.26. The highest BCUT2D eigenvalue weighted by atomic mass is 19.1. The van der Waals surface area contributed by atoms with E-state index in [9.17, 15) is 4.39 Å². The number of fused-ring (bicyclic) bond motifs is 1. The minimum Gasteiger partial charge on any atom is -0.310 e. The summed E-state index contributed by atoms with van der Waals surface area (Å²) >= 11 is 0. The van der Waals surface area contributed by atoms with Crippen LogP contribution in [0.25, 0.3) is 0 Å². The fraction of sp³-hybridized carbons (Fsp3) is 0.455. The molecule has 1 aliphatic rings. The molecule has 1 aromatic rings. The van der Waals surface area contributed by atoms with E-state index in [1.165, 1.54) is 5.56 Å². The van der Waals surface area contributed by atoms with Crippen LogP contribution in [-0.4, -0.2) is 6.04 Å². The first kappa shape index (κ1) is 8.70. The monoisotopic (exact) mass is 179 g/mol. The Morgan fingerprint density at radius 3 is 3.08 bits per heavy atom. The standard InChI is InChI=1S/C11H14FN/c1-2-11-6-8-3-4-10(12)5-9(8)7-13-11/h3-5,11,13H,2,6-7H2,1H3. The number of benzene rings is 1. The Kier molecular flexibility index (Phi) is 2.32. The maximum Gasteiger partial charge on any atom is 0.123 e. The van der Waals surface area contributed by atoms with Gasteiger partial charge in [0.15, 0.2) is 0 Å². The third kappa shape index (κ3) is 1.73. The molecule has 2 rings (SSSR count). The molecule has 0 amide bonds. The lowest BCUT2D eigenvalue weighted by Crippen LogP contribution is -2.34. The van der Waals surface area contributed by atoms with Gasteiger partial charge >= 0.3 is 0 Å². The van der Waals surface area contributed by atoms with Gasteiger partial charge in [-0.25, -0.2) is 4.39 Å². The van der Waals surface area contributed by atoms with Crippen LogP contribution in [0, 0.1) is 5.82 Å². The maximum atomic E-state index is 12.8. The van der Waals surface area contributed by atoms with E-state index < -0.39 is 0 Å². The largest absolute Gasteiger partial charge is 0.310 e. The van der Waals surface area contributed by atoms with Crippen LogP contribution in [0.3, 0.4) is 0 Å². The molecule has 0 aromatic heterocycles. The van der Waals surface area contributed by atoms with Crippen molar-refractivity contribution in [3.8, 4) is 0 Å². The molecule has 0 spiro atoms. The van der Waals surface area contributed by atoms with E-state index in [2.05, 4.69) is 12.2 Å². The summed E-state index contributed by atoms with van der Waals surface area (Å²) in [7, 11) is 0. The molecule has 2 heteroatoms. The van der Waals surface area contributed by atoms with Crippen molar-refractivity contribution >= 4 is 0 Å². The van der Waals surface area contributed by atoms with Crippen molar-refractivity contribution in [3.05, 3.63) is 35.1 Å². The lowest BCUT2D eigenvalue weighted by Gasteiger charge is -2.25. The van der Waals surface area contributed by atoms with Crippen molar-refractivity contribution in [1.82, 2.24) is 5.32 Å². The fourth-order valence-electron chi connectivity index (χ4n) is 1.84. The molecule has 1 aliphatic heterocycles. The van der Waals surface area contributed by atoms with E-state index in [1.54, 1.807) is 12.1 Å². The van der Waals surface area contributed by atoms with E-state index in [1.807, 2.05) is 6.07 Å². The zero-order valence-electron chi connectivity index (χ0n) is 7.81. The third-order valence-corrected chi connectivity index (χ3v) is 2.71. The molecule has 0 radical (unpaired) electrons. The topological polar surface area (TPSA) is 12.0 Å². The van der Waals surface area contributed by atoms with Crippen LogP contribution in [0.1, 0.15) is 24.5 Å². The van der Waals surface area contributed by atoms with Gasteiger partial charge in [-0.15, -0.1) is 0 Å². The molecule has 0 saturated carbocycles. The van der Waals surface area contributed by atoms with Gasteiger partial charge in [-0.1, -0.05) is 13.0 Å². The van der Waals surface area contributed by atoms with Gasteiger partial charge in [0.1, 0.15) is 5.82 Å². The number of halogens is 1. The Morgan fingerprint density at radius 2 is 2.31 bits per heavy atom. The van der Waals surface area contributed by atoms with Gasteiger partial charge in [0.05, 0.1) is 0 Å². The predicted molar refractivity (Wildman–Crippen MR) is 51.0 cm³/mol. The Balaban J connectivity index is 2.26. The summed E-state index contributed by atoms with van der Waals surface area (Å²) in [5.41, 5.74) is 2.41. The van der Waals surface area contributed by atoms with Gasteiger partial charge in [-0.2, -0.15) is 0 Å². The second-order valence-corrected chi connectivity index (χ2v) is 3.60. The molecule has 1 aromatic carbocycles. The molecule has 0 saturated heterocycles. The first-order valence-corrected chi connectivity index (χ1v) is 4.80.